The van der Waals surface area contributed by atoms with E-state index in [1.807, 2.05) is 27.2 Å². The standard InChI is InChI=1S/C36H71N2O6P/c1-6-8-10-12-13-14-15-16-17-18-19-20-21-22-23-24-26-27-29-35(39)34(37-36(40)30-28-25-11-9-7-2)33-44-45(41,42)43-32-31-38(3,4)5/h22-23,27,29,34-35,39H,6-21,24-26,28,30-33H2,1-5H3,(H-,37,40,41,42)/p+1/b23-22+,29-27+. The molecule has 0 aliphatic heterocycles. The van der Waals surface area contributed by atoms with Crippen LogP contribution < -0.4 is 5.32 Å². The van der Waals surface area contributed by atoms with Crippen molar-refractivity contribution in [2.45, 2.75) is 161 Å². The van der Waals surface area contributed by atoms with Crippen molar-refractivity contribution in [3.05, 3.63) is 24.3 Å². The predicted molar refractivity (Wildman–Crippen MR) is 189 cm³/mol. The molecule has 0 fully saturated rings. The van der Waals surface area contributed by atoms with Gasteiger partial charge in [0.15, 0.2) is 0 Å². The van der Waals surface area contributed by atoms with Crippen molar-refractivity contribution < 1.29 is 32.9 Å². The van der Waals surface area contributed by atoms with Crippen LogP contribution in [0.5, 0.6) is 0 Å². The SMILES string of the molecule is CCCCCCCCCCCCCC/C=C/CC/C=C/C(O)C(COP(=O)(O)OCC[N+](C)(C)C)NC(=O)CCCCCCC. The molecule has 0 bridgehead atoms. The van der Waals surface area contributed by atoms with E-state index in [4.69, 9.17) is 9.05 Å². The van der Waals surface area contributed by atoms with Crippen LogP contribution in [-0.4, -0.2) is 73.4 Å². The molecule has 1 amide bonds. The van der Waals surface area contributed by atoms with Crippen molar-refractivity contribution in [2.75, 3.05) is 40.9 Å². The zero-order chi connectivity index (χ0) is 33.7. The van der Waals surface area contributed by atoms with Crippen LogP contribution in [0.25, 0.3) is 0 Å². The van der Waals surface area contributed by atoms with Gasteiger partial charge < -0.3 is 19.8 Å². The van der Waals surface area contributed by atoms with Gasteiger partial charge in [-0.25, -0.2) is 4.57 Å². The maximum Gasteiger partial charge on any atom is 0.472 e. The van der Waals surface area contributed by atoms with E-state index in [0.717, 1.165) is 51.4 Å². The Kier molecular flexibility index (Phi) is 28.5. The van der Waals surface area contributed by atoms with E-state index >= 15 is 0 Å². The maximum atomic E-state index is 12.6. The second-order valence-electron chi connectivity index (χ2n) is 13.6. The summed E-state index contributed by atoms with van der Waals surface area (Å²) in [5.74, 6) is -0.202. The minimum absolute atomic E-state index is 0.0569. The molecular formula is C36H72N2O6P+. The van der Waals surface area contributed by atoms with Gasteiger partial charge in [-0.1, -0.05) is 134 Å². The quantitative estimate of drug-likeness (QED) is 0.0288. The van der Waals surface area contributed by atoms with Crippen LogP contribution in [0.2, 0.25) is 0 Å². The van der Waals surface area contributed by atoms with Crippen LogP contribution in [0.1, 0.15) is 149 Å². The number of phosphoric ester groups is 1. The van der Waals surface area contributed by atoms with Gasteiger partial charge in [-0.2, -0.15) is 0 Å². The van der Waals surface area contributed by atoms with Gasteiger partial charge in [-0.05, 0) is 32.1 Å². The van der Waals surface area contributed by atoms with Crippen molar-refractivity contribution in [2.24, 2.45) is 0 Å². The lowest BCUT2D eigenvalue weighted by atomic mass is 10.0. The Bertz CT molecular complexity index is 799. The molecule has 0 saturated heterocycles. The zero-order valence-corrected chi connectivity index (χ0v) is 30.8. The van der Waals surface area contributed by atoms with E-state index in [-0.39, 0.29) is 19.1 Å². The number of carbonyl (C=O) groups is 1. The Hall–Kier alpha value is -1.02. The molecular weight excluding hydrogens is 587 g/mol. The Labute approximate surface area is 277 Å². The molecule has 3 N–H and O–H groups in total. The lowest BCUT2D eigenvalue weighted by Gasteiger charge is -2.25. The summed E-state index contributed by atoms with van der Waals surface area (Å²) in [6, 6.07) is -0.854. The van der Waals surface area contributed by atoms with Crippen LogP contribution in [0.4, 0.5) is 0 Å². The third-order valence-corrected chi connectivity index (χ3v) is 8.91. The Morgan fingerprint density at radius 2 is 1.22 bits per heavy atom. The molecule has 3 unspecified atom stereocenters. The molecule has 8 nitrogen and oxygen atoms in total. The van der Waals surface area contributed by atoms with Gasteiger partial charge in [-0.15, -0.1) is 0 Å². The van der Waals surface area contributed by atoms with Crippen molar-refractivity contribution in [1.29, 1.82) is 0 Å². The molecule has 266 valence electrons. The Balaban J connectivity index is 4.42. The summed E-state index contributed by atoms with van der Waals surface area (Å²) in [6.07, 6.45) is 31.4. The third kappa shape index (κ3) is 31.4. The number of amides is 1. The smallest absolute Gasteiger partial charge is 0.387 e. The molecule has 0 aliphatic carbocycles. The fourth-order valence-electron chi connectivity index (χ4n) is 4.94. The van der Waals surface area contributed by atoms with E-state index in [2.05, 4.69) is 31.3 Å². The van der Waals surface area contributed by atoms with Gasteiger partial charge in [0.1, 0.15) is 13.2 Å². The van der Waals surface area contributed by atoms with E-state index in [1.165, 1.54) is 77.0 Å². The first-order chi connectivity index (χ1) is 21.5. The number of carbonyl (C=O) groups excluding carboxylic acids is 1. The molecule has 0 aromatic rings. The molecule has 0 aromatic carbocycles. The van der Waals surface area contributed by atoms with Gasteiger partial charge in [0.05, 0.1) is 39.9 Å². The van der Waals surface area contributed by atoms with Crippen LogP contribution in [0, 0.1) is 0 Å². The first-order valence-electron chi connectivity index (χ1n) is 18.2. The number of aliphatic hydroxyl groups excluding tert-OH is 1. The molecule has 0 aliphatic rings. The summed E-state index contributed by atoms with van der Waals surface area (Å²) in [7, 11) is 1.55. The Morgan fingerprint density at radius 3 is 1.78 bits per heavy atom. The zero-order valence-electron chi connectivity index (χ0n) is 29.9. The Morgan fingerprint density at radius 1 is 0.733 bits per heavy atom. The number of unbranched alkanes of at least 4 members (excludes halogenated alkanes) is 17. The summed E-state index contributed by atoms with van der Waals surface area (Å²) in [5, 5.41) is 13.6. The number of allylic oxidation sites excluding steroid dienone is 3. The number of nitrogens with one attached hydrogen (secondary N) is 1. The molecule has 0 rings (SSSR count). The number of rotatable bonds is 32. The highest BCUT2D eigenvalue weighted by molar-refractivity contribution is 7.47. The largest absolute Gasteiger partial charge is 0.472 e. The molecule has 9 heteroatoms. The lowest BCUT2D eigenvalue weighted by molar-refractivity contribution is -0.870. The summed E-state index contributed by atoms with van der Waals surface area (Å²) in [6.45, 7) is 4.68. The highest BCUT2D eigenvalue weighted by Crippen LogP contribution is 2.43. The van der Waals surface area contributed by atoms with Gasteiger partial charge in [0.2, 0.25) is 5.91 Å². The fraction of sp³-hybridized carbons (Fsp3) is 0.861. The average molecular weight is 660 g/mol. The van der Waals surface area contributed by atoms with Crippen LogP contribution in [-0.2, 0) is 18.4 Å². The number of likely N-dealkylation sites (N-methyl/N-ethyl adjacent to an activating group) is 1. The van der Waals surface area contributed by atoms with Crippen LogP contribution in [0.15, 0.2) is 24.3 Å². The number of aliphatic hydroxyl groups is 1. The second-order valence-corrected chi connectivity index (χ2v) is 15.0. The van der Waals surface area contributed by atoms with E-state index in [1.54, 1.807) is 6.08 Å². The second kappa shape index (κ2) is 29.1. The number of quaternary nitrogens is 1. The van der Waals surface area contributed by atoms with Crippen molar-refractivity contribution >= 4 is 13.7 Å². The summed E-state index contributed by atoms with van der Waals surface area (Å²) < 4.78 is 23.3. The van der Waals surface area contributed by atoms with E-state index in [0.29, 0.717) is 17.4 Å². The van der Waals surface area contributed by atoms with Crippen LogP contribution >= 0.6 is 7.82 Å². The highest BCUT2D eigenvalue weighted by Gasteiger charge is 2.27. The maximum absolute atomic E-state index is 12.6. The van der Waals surface area contributed by atoms with Gasteiger partial charge in [0, 0.05) is 6.42 Å². The molecule has 0 radical (unpaired) electrons. The summed E-state index contributed by atoms with van der Waals surface area (Å²) >= 11 is 0. The molecule has 3 atom stereocenters. The molecule has 0 aromatic heterocycles. The van der Waals surface area contributed by atoms with Gasteiger partial charge >= 0.3 is 7.82 Å². The molecule has 0 heterocycles. The summed E-state index contributed by atoms with van der Waals surface area (Å²) in [5.41, 5.74) is 0. The normalized spacial score (nSPS) is 15.1. The monoisotopic (exact) mass is 660 g/mol. The number of nitrogens with zero attached hydrogens (tertiary/aromatic N) is 1. The highest BCUT2D eigenvalue weighted by atomic mass is 31.2. The van der Waals surface area contributed by atoms with Gasteiger partial charge in [-0.3, -0.25) is 13.8 Å². The minimum atomic E-state index is -4.32. The van der Waals surface area contributed by atoms with Crippen molar-refractivity contribution in [3.63, 3.8) is 0 Å². The fourth-order valence-corrected chi connectivity index (χ4v) is 5.67. The summed E-state index contributed by atoms with van der Waals surface area (Å²) in [4.78, 5) is 22.7. The first-order valence-corrected chi connectivity index (χ1v) is 19.7. The van der Waals surface area contributed by atoms with Crippen molar-refractivity contribution in [1.82, 2.24) is 5.32 Å². The van der Waals surface area contributed by atoms with E-state index in [9.17, 15) is 19.4 Å². The minimum Gasteiger partial charge on any atom is -0.387 e. The molecule has 0 spiro atoms. The van der Waals surface area contributed by atoms with Crippen LogP contribution in [0.3, 0.4) is 0 Å². The number of hydrogen-bond donors (Lipinski definition) is 3. The third-order valence-electron chi connectivity index (χ3n) is 7.92. The van der Waals surface area contributed by atoms with Crippen molar-refractivity contribution in [3.8, 4) is 0 Å². The molecule has 45 heavy (non-hydrogen) atoms. The van der Waals surface area contributed by atoms with Gasteiger partial charge in [0.25, 0.3) is 0 Å². The number of hydrogen-bond acceptors (Lipinski definition) is 5. The predicted octanol–water partition coefficient (Wildman–Crippen LogP) is 9.02. The lowest BCUT2D eigenvalue weighted by Crippen LogP contribution is -2.45. The molecule has 0 saturated carbocycles. The van der Waals surface area contributed by atoms with E-state index < -0.39 is 20.0 Å². The average Bonchev–Trinajstić information content (AvgIpc) is 2.97. The number of phosphoric acid groups is 1. The topological polar surface area (TPSA) is 105 Å². The first kappa shape index (κ1) is 44.0.